The van der Waals surface area contributed by atoms with E-state index in [-0.39, 0.29) is 4.92 Å². The van der Waals surface area contributed by atoms with E-state index in [0.717, 1.165) is 5.56 Å². The second-order valence-electron chi connectivity index (χ2n) is 6.52. The van der Waals surface area contributed by atoms with Crippen molar-refractivity contribution < 1.29 is 14.5 Å². The van der Waals surface area contributed by atoms with E-state index in [2.05, 4.69) is 0 Å². The van der Waals surface area contributed by atoms with Crippen LogP contribution in [-0.4, -0.2) is 34.1 Å². The zero-order valence-electron chi connectivity index (χ0n) is 13.2. The molecule has 1 saturated heterocycles. The number of nitro groups is 1. The fraction of sp³-hybridized carbons (Fsp3) is 0.562. The molecule has 1 heterocycles. The van der Waals surface area contributed by atoms with Crippen LogP contribution in [0.15, 0.2) is 30.3 Å². The van der Waals surface area contributed by atoms with Gasteiger partial charge in [-0.15, -0.1) is 0 Å². The van der Waals surface area contributed by atoms with Crippen molar-refractivity contribution in [3.8, 4) is 0 Å². The average molecular weight is 306 g/mol. The molecule has 6 nitrogen and oxygen atoms in total. The van der Waals surface area contributed by atoms with Gasteiger partial charge in [-0.05, 0) is 32.8 Å². The van der Waals surface area contributed by atoms with Gasteiger partial charge in [0.1, 0.15) is 11.6 Å². The Balaban J connectivity index is 2.33. The van der Waals surface area contributed by atoms with Crippen molar-refractivity contribution in [2.75, 3.05) is 6.54 Å². The lowest BCUT2D eigenvalue weighted by molar-refractivity contribution is -0.534. The summed E-state index contributed by atoms with van der Waals surface area (Å²) in [4.78, 5) is 25.1. The highest BCUT2D eigenvalue weighted by Gasteiger charge is 2.43. The quantitative estimate of drug-likeness (QED) is 0.620. The normalized spacial score (nSPS) is 22.2. The molecule has 0 N–H and O–H groups in total. The molecule has 2 rings (SSSR count). The monoisotopic (exact) mass is 306 g/mol. The number of carbonyl (C=O) groups is 1. The summed E-state index contributed by atoms with van der Waals surface area (Å²) in [6.45, 7) is 5.84. The fourth-order valence-electron chi connectivity index (χ4n) is 2.77. The summed E-state index contributed by atoms with van der Waals surface area (Å²) in [5, 5.41) is 11.4. The average Bonchev–Trinajstić information content (AvgIpc) is 2.45. The Morgan fingerprint density at radius 1 is 1.32 bits per heavy atom. The first-order valence-corrected chi connectivity index (χ1v) is 7.47. The number of rotatable bonds is 2. The summed E-state index contributed by atoms with van der Waals surface area (Å²) >= 11 is 0. The van der Waals surface area contributed by atoms with Crippen LogP contribution in [0.1, 0.15) is 45.2 Å². The molecule has 2 atom stereocenters. The van der Waals surface area contributed by atoms with Crippen molar-refractivity contribution in [3.63, 3.8) is 0 Å². The summed E-state index contributed by atoms with van der Waals surface area (Å²) in [5.41, 5.74) is 0.148. The molecule has 1 fully saturated rings. The van der Waals surface area contributed by atoms with Gasteiger partial charge in [-0.3, -0.25) is 15.0 Å². The number of hydrogen-bond donors (Lipinski definition) is 0. The van der Waals surface area contributed by atoms with Crippen LogP contribution in [0.2, 0.25) is 0 Å². The maximum absolute atomic E-state index is 12.4. The zero-order chi connectivity index (χ0) is 16.3. The third-order valence-corrected chi connectivity index (χ3v) is 3.64. The Morgan fingerprint density at radius 2 is 1.95 bits per heavy atom. The van der Waals surface area contributed by atoms with Gasteiger partial charge in [-0.25, -0.2) is 4.79 Å². The number of carbonyl (C=O) groups excluding carboxylic acids is 1. The van der Waals surface area contributed by atoms with E-state index < -0.39 is 23.8 Å². The third-order valence-electron chi connectivity index (χ3n) is 3.64. The fourth-order valence-corrected chi connectivity index (χ4v) is 2.77. The van der Waals surface area contributed by atoms with Gasteiger partial charge in [-0.2, -0.15) is 0 Å². The van der Waals surface area contributed by atoms with Crippen molar-refractivity contribution in [3.05, 3.63) is 46.0 Å². The van der Waals surface area contributed by atoms with Crippen molar-refractivity contribution in [1.29, 1.82) is 0 Å². The molecular formula is C16H22N2O4. The number of ether oxygens (including phenoxy) is 1. The van der Waals surface area contributed by atoms with E-state index in [0.29, 0.717) is 19.4 Å². The molecule has 0 radical (unpaired) electrons. The summed E-state index contributed by atoms with van der Waals surface area (Å²) in [6.07, 6.45) is 0.577. The minimum absolute atomic E-state index is 0.284. The van der Waals surface area contributed by atoms with E-state index >= 15 is 0 Å². The minimum Gasteiger partial charge on any atom is -0.444 e. The SMILES string of the molecule is CC(C)(C)OC(=O)N1CCC[C@@H]([N+](=O)[O-])[C@@H]1c1ccccc1. The summed E-state index contributed by atoms with van der Waals surface area (Å²) in [5.74, 6) is 0. The van der Waals surface area contributed by atoms with E-state index in [1.54, 1.807) is 20.8 Å². The maximum atomic E-state index is 12.4. The molecule has 1 aliphatic rings. The second kappa shape index (κ2) is 6.34. The first kappa shape index (κ1) is 16.3. The van der Waals surface area contributed by atoms with Crippen LogP contribution in [0.5, 0.6) is 0 Å². The van der Waals surface area contributed by atoms with Crippen LogP contribution < -0.4 is 0 Å². The minimum atomic E-state index is -0.802. The highest BCUT2D eigenvalue weighted by molar-refractivity contribution is 5.69. The molecule has 0 unspecified atom stereocenters. The molecule has 0 spiro atoms. The number of benzene rings is 1. The molecule has 22 heavy (non-hydrogen) atoms. The third kappa shape index (κ3) is 3.75. The Labute approximate surface area is 130 Å². The lowest BCUT2D eigenvalue weighted by Crippen LogP contribution is -2.49. The number of piperidine rings is 1. The van der Waals surface area contributed by atoms with Gasteiger partial charge in [0.2, 0.25) is 6.04 Å². The molecule has 120 valence electrons. The highest BCUT2D eigenvalue weighted by Crippen LogP contribution is 2.34. The predicted octanol–water partition coefficient (Wildman–Crippen LogP) is 3.40. The molecule has 0 aromatic heterocycles. The van der Waals surface area contributed by atoms with Gasteiger partial charge in [0.05, 0.1) is 0 Å². The standard InChI is InChI=1S/C16H22N2O4/c1-16(2,3)22-15(19)17-11-7-10-13(18(20)21)14(17)12-8-5-4-6-9-12/h4-6,8-9,13-14H,7,10-11H2,1-3H3/t13-,14+/m1/s1. The summed E-state index contributed by atoms with van der Waals surface area (Å²) < 4.78 is 5.42. The molecule has 1 aromatic rings. The first-order valence-electron chi connectivity index (χ1n) is 7.47. The van der Waals surface area contributed by atoms with E-state index in [4.69, 9.17) is 4.74 Å². The van der Waals surface area contributed by atoms with Gasteiger partial charge in [-0.1, -0.05) is 30.3 Å². The van der Waals surface area contributed by atoms with Gasteiger partial charge >= 0.3 is 6.09 Å². The zero-order valence-corrected chi connectivity index (χ0v) is 13.2. The van der Waals surface area contributed by atoms with Crippen LogP contribution in [0.3, 0.4) is 0 Å². The molecule has 6 heteroatoms. The lowest BCUT2D eigenvalue weighted by atomic mass is 9.91. The van der Waals surface area contributed by atoms with Crippen LogP contribution >= 0.6 is 0 Å². The van der Waals surface area contributed by atoms with Crippen LogP contribution in [0, 0.1) is 10.1 Å². The molecule has 1 amide bonds. The molecule has 1 aliphatic heterocycles. The Hall–Kier alpha value is -2.11. The summed E-state index contributed by atoms with van der Waals surface area (Å²) in [6, 6.07) is 7.77. The molecule has 0 bridgehead atoms. The van der Waals surface area contributed by atoms with Crippen LogP contribution in [-0.2, 0) is 4.74 Å². The second-order valence-corrected chi connectivity index (χ2v) is 6.52. The smallest absolute Gasteiger partial charge is 0.411 e. The molecular weight excluding hydrogens is 284 g/mol. The Bertz CT molecular complexity index is 539. The Kier molecular flexibility index (Phi) is 4.68. The maximum Gasteiger partial charge on any atom is 0.411 e. The number of likely N-dealkylation sites (tertiary alicyclic amines) is 1. The number of amides is 1. The molecule has 0 saturated carbocycles. The first-order chi connectivity index (χ1) is 10.3. The van der Waals surface area contributed by atoms with Crippen molar-refractivity contribution in [2.45, 2.75) is 51.3 Å². The largest absolute Gasteiger partial charge is 0.444 e. The Morgan fingerprint density at radius 3 is 2.50 bits per heavy atom. The van der Waals surface area contributed by atoms with E-state index in [1.807, 2.05) is 30.3 Å². The van der Waals surface area contributed by atoms with Crippen molar-refractivity contribution >= 4 is 6.09 Å². The van der Waals surface area contributed by atoms with Gasteiger partial charge in [0, 0.05) is 17.9 Å². The van der Waals surface area contributed by atoms with E-state index in [9.17, 15) is 14.9 Å². The van der Waals surface area contributed by atoms with Crippen LogP contribution in [0.4, 0.5) is 4.79 Å². The van der Waals surface area contributed by atoms with Crippen LogP contribution in [0.25, 0.3) is 0 Å². The van der Waals surface area contributed by atoms with Gasteiger partial charge in [0.15, 0.2) is 0 Å². The van der Waals surface area contributed by atoms with Crippen molar-refractivity contribution in [1.82, 2.24) is 4.90 Å². The highest BCUT2D eigenvalue weighted by atomic mass is 16.6. The number of nitrogens with zero attached hydrogens (tertiary/aromatic N) is 2. The molecule has 0 aliphatic carbocycles. The predicted molar refractivity (Wildman–Crippen MR) is 82.1 cm³/mol. The van der Waals surface area contributed by atoms with E-state index in [1.165, 1.54) is 4.90 Å². The summed E-state index contributed by atoms with van der Waals surface area (Å²) in [7, 11) is 0. The molecule has 1 aromatic carbocycles. The number of hydrogen-bond acceptors (Lipinski definition) is 4. The topological polar surface area (TPSA) is 72.7 Å². The van der Waals surface area contributed by atoms with Gasteiger partial charge < -0.3 is 4.74 Å². The lowest BCUT2D eigenvalue weighted by Gasteiger charge is -2.38. The van der Waals surface area contributed by atoms with Gasteiger partial charge in [0.25, 0.3) is 0 Å². The van der Waals surface area contributed by atoms with Crippen molar-refractivity contribution in [2.24, 2.45) is 0 Å².